The number of nitrogens with zero attached hydrogens (tertiary/aromatic N) is 2. The molecule has 3 heterocycles. The zero-order valence-corrected chi connectivity index (χ0v) is 12.8. The second-order valence-corrected chi connectivity index (χ2v) is 6.75. The van der Waals surface area contributed by atoms with Crippen molar-refractivity contribution in [2.45, 2.75) is 38.5 Å². The molecule has 1 fully saturated rings. The molecular formula is C15H21N3OS. The highest BCUT2D eigenvalue weighted by molar-refractivity contribution is 7.11. The molecule has 0 saturated carbocycles. The van der Waals surface area contributed by atoms with E-state index in [0.29, 0.717) is 6.04 Å². The van der Waals surface area contributed by atoms with Crippen LogP contribution in [0.2, 0.25) is 0 Å². The van der Waals surface area contributed by atoms with Gasteiger partial charge in [0.2, 0.25) is 0 Å². The number of ether oxygens (including phenoxy) is 1. The average Bonchev–Trinajstić information content (AvgIpc) is 3.06. The highest BCUT2D eigenvalue weighted by atomic mass is 32.1. The minimum Gasteiger partial charge on any atom is -0.372 e. The van der Waals surface area contributed by atoms with E-state index >= 15 is 0 Å². The second kappa shape index (κ2) is 6.08. The maximum atomic E-state index is 5.97. The molecule has 0 radical (unpaired) electrons. The molecule has 0 unspecified atom stereocenters. The lowest BCUT2D eigenvalue weighted by molar-refractivity contribution is -0.0111. The summed E-state index contributed by atoms with van der Waals surface area (Å²) in [5.74, 6) is 0. The molecule has 2 aromatic rings. The maximum absolute atomic E-state index is 5.97. The predicted molar refractivity (Wildman–Crippen MR) is 80.8 cm³/mol. The Labute approximate surface area is 123 Å². The molecule has 108 valence electrons. The van der Waals surface area contributed by atoms with Crippen LogP contribution < -0.4 is 5.32 Å². The van der Waals surface area contributed by atoms with Gasteiger partial charge in [-0.1, -0.05) is 0 Å². The van der Waals surface area contributed by atoms with Gasteiger partial charge in [0, 0.05) is 47.8 Å². The second-order valence-electron chi connectivity index (χ2n) is 5.38. The molecular weight excluding hydrogens is 270 g/mol. The van der Waals surface area contributed by atoms with Crippen LogP contribution in [0.25, 0.3) is 0 Å². The van der Waals surface area contributed by atoms with Crippen LogP contribution in [0, 0.1) is 6.92 Å². The molecule has 2 atom stereocenters. The molecule has 0 spiro atoms. The van der Waals surface area contributed by atoms with Crippen molar-refractivity contribution in [3.63, 3.8) is 0 Å². The zero-order valence-electron chi connectivity index (χ0n) is 12.0. The Kier molecular flexibility index (Phi) is 4.19. The number of nitrogens with one attached hydrogen (secondary N) is 1. The highest BCUT2D eigenvalue weighted by Gasteiger charge is 2.28. The van der Waals surface area contributed by atoms with Crippen molar-refractivity contribution < 1.29 is 4.74 Å². The quantitative estimate of drug-likeness (QED) is 0.941. The molecule has 0 bridgehead atoms. The van der Waals surface area contributed by atoms with Crippen molar-refractivity contribution in [3.8, 4) is 0 Å². The fourth-order valence-electron chi connectivity index (χ4n) is 2.72. The molecule has 20 heavy (non-hydrogen) atoms. The van der Waals surface area contributed by atoms with Gasteiger partial charge in [-0.15, -0.1) is 11.3 Å². The molecule has 0 aliphatic carbocycles. The van der Waals surface area contributed by atoms with Gasteiger partial charge < -0.3 is 10.1 Å². The van der Waals surface area contributed by atoms with Crippen molar-refractivity contribution in [1.29, 1.82) is 0 Å². The van der Waals surface area contributed by atoms with E-state index in [2.05, 4.69) is 35.7 Å². The van der Waals surface area contributed by atoms with E-state index in [4.69, 9.17) is 4.74 Å². The first-order valence-corrected chi connectivity index (χ1v) is 7.93. The summed E-state index contributed by atoms with van der Waals surface area (Å²) < 4.78 is 7.81. The number of hydrogen-bond acceptors (Lipinski definition) is 4. The van der Waals surface area contributed by atoms with Gasteiger partial charge in [0.25, 0.3) is 0 Å². The largest absolute Gasteiger partial charge is 0.372 e. The Morgan fingerprint density at radius 1 is 1.50 bits per heavy atom. The highest BCUT2D eigenvalue weighted by Crippen LogP contribution is 2.28. The minimum absolute atomic E-state index is 0.124. The summed E-state index contributed by atoms with van der Waals surface area (Å²) in [7, 11) is 1.95. The standard InChI is InChI=1S/C15H21N3OS/c1-11-5-6-13(20-11)9-16-14-4-3-7-19-15(14)12-8-17-18(2)10-12/h5-6,8,10,14-16H,3-4,7,9H2,1-2H3/t14-,15+/m0/s1. The van der Waals surface area contributed by atoms with E-state index in [1.807, 2.05) is 29.3 Å². The molecule has 1 aliphatic heterocycles. The fraction of sp³-hybridized carbons (Fsp3) is 0.533. The van der Waals surface area contributed by atoms with Crippen LogP contribution in [0.4, 0.5) is 0 Å². The number of aromatic nitrogens is 2. The normalized spacial score (nSPS) is 23.1. The topological polar surface area (TPSA) is 39.1 Å². The lowest BCUT2D eigenvalue weighted by Gasteiger charge is -2.31. The first-order chi connectivity index (χ1) is 9.72. The van der Waals surface area contributed by atoms with Crippen molar-refractivity contribution in [2.75, 3.05) is 6.61 Å². The summed E-state index contributed by atoms with van der Waals surface area (Å²) in [6.45, 7) is 3.91. The third kappa shape index (κ3) is 3.11. The van der Waals surface area contributed by atoms with E-state index in [0.717, 1.165) is 26.0 Å². The monoisotopic (exact) mass is 291 g/mol. The fourth-order valence-corrected chi connectivity index (χ4v) is 3.56. The van der Waals surface area contributed by atoms with Crippen LogP contribution in [0.5, 0.6) is 0 Å². The average molecular weight is 291 g/mol. The molecule has 1 N–H and O–H groups in total. The number of aryl methyl sites for hydroxylation is 2. The van der Waals surface area contributed by atoms with Gasteiger partial charge in [-0.2, -0.15) is 5.10 Å². The molecule has 1 saturated heterocycles. The Morgan fingerprint density at radius 2 is 2.40 bits per heavy atom. The van der Waals surface area contributed by atoms with Crippen molar-refractivity contribution >= 4 is 11.3 Å². The summed E-state index contributed by atoms with van der Waals surface area (Å²) in [5.41, 5.74) is 1.17. The van der Waals surface area contributed by atoms with Gasteiger partial charge in [0.05, 0.1) is 6.20 Å². The van der Waals surface area contributed by atoms with Crippen LogP contribution in [0.15, 0.2) is 24.5 Å². The predicted octanol–water partition coefficient (Wildman–Crippen LogP) is 2.80. The molecule has 2 aromatic heterocycles. The molecule has 5 heteroatoms. The zero-order chi connectivity index (χ0) is 13.9. The van der Waals surface area contributed by atoms with E-state index in [1.165, 1.54) is 15.3 Å². The lowest BCUT2D eigenvalue weighted by Crippen LogP contribution is -2.38. The Balaban J connectivity index is 1.66. The van der Waals surface area contributed by atoms with Gasteiger partial charge in [-0.3, -0.25) is 4.68 Å². The summed E-state index contributed by atoms with van der Waals surface area (Å²) in [6, 6.07) is 4.75. The van der Waals surface area contributed by atoms with Gasteiger partial charge in [0.1, 0.15) is 6.10 Å². The summed E-state index contributed by atoms with van der Waals surface area (Å²) >= 11 is 1.86. The molecule has 3 rings (SSSR count). The number of hydrogen-bond donors (Lipinski definition) is 1. The van der Waals surface area contributed by atoms with Crippen LogP contribution in [0.1, 0.15) is 34.3 Å². The van der Waals surface area contributed by atoms with Gasteiger partial charge >= 0.3 is 0 Å². The first kappa shape index (κ1) is 13.8. The summed E-state index contributed by atoms with van der Waals surface area (Å²) in [5, 5.41) is 7.92. The van der Waals surface area contributed by atoms with E-state index < -0.39 is 0 Å². The summed E-state index contributed by atoms with van der Waals surface area (Å²) in [6.07, 6.45) is 6.38. The van der Waals surface area contributed by atoms with Crippen LogP contribution in [-0.2, 0) is 18.3 Å². The third-order valence-corrected chi connectivity index (χ3v) is 4.71. The third-order valence-electron chi connectivity index (χ3n) is 3.71. The first-order valence-electron chi connectivity index (χ1n) is 7.11. The van der Waals surface area contributed by atoms with E-state index in [1.54, 1.807) is 0 Å². The molecule has 0 aromatic carbocycles. The Morgan fingerprint density at radius 3 is 3.10 bits per heavy atom. The maximum Gasteiger partial charge on any atom is 0.101 e. The molecule has 0 amide bonds. The number of rotatable bonds is 4. The molecule has 4 nitrogen and oxygen atoms in total. The van der Waals surface area contributed by atoms with Crippen LogP contribution in [-0.4, -0.2) is 22.4 Å². The Hall–Kier alpha value is -1.17. The van der Waals surface area contributed by atoms with Gasteiger partial charge in [0.15, 0.2) is 0 Å². The smallest absolute Gasteiger partial charge is 0.101 e. The Bertz CT molecular complexity index is 563. The van der Waals surface area contributed by atoms with E-state index in [9.17, 15) is 0 Å². The van der Waals surface area contributed by atoms with Crippen molar-refractivity contribution in [1.82, 2.24) is 15.1 Å². The van der Waals surface area contributed by atoms with Crippen molar-refractivity contribution in [3.05, 3.63) is 39.8 Å². The van der Waals surface area contributed by atoms with Gasteiger partial charge in [-0.05, 0) is 31.9 Å². The SMILES string of the molecule is Cc1ccc(CN[C@H]2CCCO[C@@H]2c2cnn(C)c2)s1. The number of thiophene rings is 1. The minimum atomic E-state index is 0.124. The van der Waals surface area contributed by atoms with Crippen molar-refractivity contribution in [2.24, 2.45) is 7.05 Å². The van der Waals surface area contributed by atoms with Gasteiger partial charge in [-0.25, -0.2) is 0 Å². The van der Waals surface area contributed by atoms with E-state index in [-0.39, 0.29) is 6.10 Å². The van der Waals surface area contributed by atoms with Crippen LogP contribution in [0.3, 0.4) is 0 Å². The lowest BCUT2D eigenvalue weighted by atomic mass is 9.98. The molecule has 1 aliphatic rings. The summed E-state index contributed by atoms with van der Waals surface area (Å²) in [4.78, 5) is 2.75. The van der Waals surface area contributed by atoms with Crippen LogP contribution >= 0.6 is 11.3 Å².